The number of amides is 1. The molecule has 3 aromatic rings. The van der Waals surface area contributed by atoms with Crippen LogP contribution in [0.25, 0.3) is 10.9 Å². The van der Waals surface area contributed by atoms with Crippen molar-refractivity contribution in [2.45, 2.75) is 35.8 Å². The van der Waals surface area contributed by atoms with Gasteiger partial charge in [-0.3, -0.25) is 9.48 Å². The number of nitriles is 1. The van der Waals surface area contributed by atoms with Gasteiger partial charge in [0, 0.05) is 27.6 Å². The summed E-state index contributed by atoms with van der Waals surface area (Å²) in [5.41, 5.74) is -6.34. The summed E-state index contributed by atoms with van der Waals surface area (Å²) in [4.78, 5) is 12.5. The summed E-state index contributed by atoms with van der Waals surface area (Å²) in [6, 6.07) is 7.62. The number of halogens is 7. The highest BCUT2D eigenvalue weighted by Gasteiger charge is 2.31. The number of thioether (sulfide) groups is 1. The molecular weight excluding hydrogens is 510 g/mol. The monoisotopic (exact) mass is 522 g/mol. The average Bonchev–Trinajstić information content (AvgIpc) is 3.13. The SMILES string of the molecule is C[C@](C#N)(Cn1cc2c(C(F)F)cc(Cl)c(Cl)c2n1)NC(=O)c1ccc(SC(F)(F)F)cc1. The number of carbonyl (C=O) groups is 1. The molecule has 13 heteroatoms. The van der Waals surface area contributed by atoms with Gasteiger partial charge in [-0.15, -0.1) is 0 Å². The second-order valence-corrected chi connectivity index (χ2v) is 9.05. The molecule has 0 aliphatic carbocycles. The third kappa shape index (κ3) is 5.88. The molecule has 0 saturated heterocycles. The van der Waals surface area contributed by atoms with Gasteiger partial charge in [0.1, 0.15) is 11.1 Å². The lowest BCUT2D eigenvalue weighted by atomic mass is 10.0. The van der Waals surface area contributed by atoms with E-state index in [2.05, 4.69) is 10.4 Å². The standard InChI is InChI=1S/C20H13Cl2F5N4OS/c1-19(8-28,29-18(32)10-2-4-11(5-3-10)33-20(25,26)27)9-31-7-13-12(17(23)24)6-14(21)15(22)16(13)30-31/h2-7,17H,9H2,1H3,(H,29,32)/t19-/m0/s1. The number of nitrogens with zero attached hydrogens (tertiary/aromatic N) is 3. The highest BCUT2D eigenvalue weighted by molar-refractivity contribution is 8.00. The Hall–Kier alpha value is -2.55. The molecule has 33 heavy (non-hydrogen) atoms. The lowest BCUT2D eigenvalue weighted by Gasteiger charge is -2.23. The fraction of sp³-hybridized carbons (Fsp3) is 0.250. The van der Waals surface area contributed by atoms with E-state index < -0.39 is 23.4 Å². The number of hydrogen-bond acceptors (Lipinski definition) is 4. The lowest BCUT2D eigenvalue weighted by Crippen LogP contribution is -2.48. The summed E-state index contributed by atoms with van der Waals surface area (Å²) < 4.78 is 65.3. The smallest absolute Gasteiger partial charge is 0.332 e. The highest BCUT2D eigenvalue weighted by atomic mass is 35.5. The predicted octanol–water partition coefficient (Wildman–Crippen LogP) is 6.60. The van der Waals surface area contributed by atoms with Gasteiger partial charge in [0.05, 0.1) is 22.7 Å². The minimum absolute atomic E-state index is 0.0174. The quantitative estimate of drug-likeness (QED) is 0.292. The molecule has 5 nitrogen and oxygen atoms in total. The summed E-state index contributed by atoms with van der Waals surface area (Å²) in [5, 5.41) is 16.2. The van der Waals surface area contributed by atoms with Crippen LogP contribution in [0, 0.1) is 11.3 Å². The van der Waals surface area contributed by atoms with Crippen LogP contribution in [0.2, 0.25) is 10.0 Å². The zero-order chi connectivity index (χ0) is 24.6. The molecule has 2 aromatic carbocycles. The molecule has 0 spiro atoms. The topological polar surface area (TPSA) is 70.7 Å². The largest absolute Gasteiger partial charge is 0.446 e. The Morgan fingerprint density at radius 2 is 1.91 bits per heavy atom. The van der Waals surface area contributed by atoms with Gasteiger partial charge in [-0.25, -0.2) is 8.78 Å². The van der Waals surface area contributed by atoms with Crippen molar-refractivity contribution in [2.24, 2.45) is 0 Å². The first-order chi connectivity index (χ1) is 15.3. The van der Waals surface area contributed by atoms with E-state index in [1.54, 1.807) is 0 Å². The van der Waals surface area contributed by atoms with Crippen LogP contribution in [-0.2, 0) is 6.54 Å². The first-order valence-electron chi connectivity index (χ1n) is 9.04. The number of nitrogens with one attached hydrogen (secondary N) is 1. The normalized spacial score (nSPS) is 13.7. The number of fused-ring (bicyclic) bond motifs is 1. The van der Waals surface area contributed by atoms with Gasteiger partial charge in [-0.2, -0.15) is 23.5 Å². The molecule has 3 rings (SSSR count). The zero-order valence-corrected chi connectivity index (χ0v) is 18.9. The second-order valence-electron chi connectivity index (χ2n) is 7.12. The fourth-order valence-electron chi connectivity index (χ4n) is 3.00. The first-order valence-corrected chi connectivity index (χ1v) is 10.6. The molecule has 1 amide bonds. The van der Waals surface area contributed by atoms with E-state index in [1.165, 1.54) is 29.9 Å². The van der Waals surface area contributed by atoms with E-state index in [4.69, 9.17) is 23.2 Å². The summed E-state index contributed by atoms with van der Waals surface area (Å²) in [7, 11) is 0. The summed E-state index contributed by atoms with van der Waals surface area (Å²) in [6.45, 7) is 1.15. The van der Waals surface area contributed by atoms with E-state index in [1.807, 2.05) is 6.07 Å². The zero-order valence-electron chi connectivity index (χ0n) is 16.6. The van der Waals surface area contributed by atoms with Crippen molar-refractivity contribution in [3.05, 3.63) is 57.7 Å². The van der Waals surface area contributed by atoms with Gasteiger partial charge in [0.25, 0.3) is 12.3 Å². The third-order valence-corrected chi connectivity index (χ3v) is 5.99. The molecule has 0 unspecified atom stereocenters. The molecule has 0 radical (unpaired) electrons. The fourth-order valence-corrected chi connectivity index (χ4v) is 3.95. The Bertz CT molecular complexity index is 1240. The van der Waals surface area contributed by atoms with E-state index in [0.29, 0.717) is 0 Å². The predicted molar refractivity (Wildman–Crippen MR) is 115 cm³/mol. The number of aromatic nitrogens is 2. The van der Waals surface area contributed by atoms with Crippen LogP contribution in [0.4, 0.5) is 22.0 Å². The van der Waals surface area contributed by atoms with Crippen LogP contribution in [0.1, 0.15) is 29.3 Å². The third-order valence-electron chi connectivity index (χ3n) is 4.47. The molecule has 174 valence electrons. The lowest BCUT2D eigenvalue weighted by molar-refractivity contribution is -0.0328. The van der Waals surface area contributed by atoms with Crippen LogP contribution in [0.3, 0.4) is 0 Å². The molecule has 0 aliphatic heterocycles. The van der Waals surface area contributed by atoms with Crippen molar-refractivity contribution >= 4 is 51.8 Å². The minimum atomic E-state index is -4.46. The molecule has 1 heterocycles. The maximum atomic E-state index is 13.4. The Morgan fingerprint density at radius 3 is 2.45 bits per heavy atom. The van der Waals surface area contributed by atoms with Crippen LogP contribution in [0.5, 0.6) is 0 Å². The number of alkyl halides is 5. The van der Waals surface area contributed by atoms with Gasteiger partial charge in [0.15, 0.2) is 0 Å². The van der Waals surface area contributed by atoms with Gasteiger partial charge in [0.2, 0.25) is 0 Å². The van der Waals surface area contributed by atoms with Crippen LogP contribution >= 0.6 is 35.0 Å². The Labute approximate surface area is 198 Å². The van der Waals surface area contributed by atoms with Crippen molar-refractivity contribution in [1.82, 2.24) is 15.1 Å². The maximum absolute atomic E-state index is 13.4. The van der Waals surface area contributed by atoms with E-state index in [0.717, 1.165) is 18.2 Å². The Balaban J connectivity index is 1.83. The van der Waals surface area contributed by atoms with Crippen molar-refractivity contribution in [3.8, 4) is 6.07 Å². The number of rotatable bonds is 6. The Kier molecular flexibility index (Phi) is 7.12. The van der Waals surface area contributed by atoms with Crippen molar-refractivity contribution in [2.75, 3.05) is 0 Å². The molecule has 1 atom stereocenters. The second kappa shape index (κ2) is 9.37. The molecular formula is C20H13Cl2F5N4OS. The van der Waals surface area contributed by atoms with E-state index in [9.17, 15) is 32.0 Å². The maximum Gasteiger partial charge on any atom is 0.446 e. The van der Waals surface area contributed by atoms with Gasteiger partial charge in [-0.05, 0) is 49.0 Å². The van der Waals surface area contributed by atoms with E-state index in [-0.39, 0.29) is 55.3 Å². The van der Waals surface area contributed by atoms with Crippen LogP contribution in [0.15, 0.2) is 41.4 Å². The molecule has 1 aromatic heterocycles. The summed E-state index contributed by atoms with van der Waals surface area (Å²) in [6.07, 6.45) is -1.58. The average molecular weight is 523 g/mol. The number of carbonyl (C=O) groups excluding carboxylic acids is 1. The molecule has 0 fully saturated rings. The summed E-state index contributed by atoms with van der Waals surface area (Å²) in [5.74, 6) is -0.714. The summed E-state index contributed by atoms with van der Waals surface area (Å²) >= 11 is 11.7. The minimum Gasteiger partial charge on any atom is -0.332 e. The number of benzene rings is 2. The van der Waals surface area contributed by atoms with Crippen molar-refractivity contribution in [1.29, 1.82) is 5.26 Å². The molecule has 0 aliphatic rings. The first kappa shape index (κ1) is 25.1. The Morgan fingerprint density at radius 1 is 1.27 bits per heavy atom. The van der Waals surface area contributed by atoms with Crippen molar-refractivity contribution in [3.63, 3.8) is 0 Å². The van der Waals surface area contributed by atoms with E-state index >= 15 is 0 Å². The van der Waals surface area contributed by atoms with Crippen LogP contribution < -0.4 is 5.32 Å². The molecule has 1 N–H and O–H groups in total. The molecule has 0 saturated carbocycles. The van der Waals surface area contributed by atoms with Crippen molar-refractivity contribution < 1.29 is 26.7 Å². The van der Waals surface area contributed by atoms with Gasteiger partial charge in [-0.1, -0.05) is 23.2 Å². The van der Waals surface area contributed by atoms with Gasteiger partial charge < -0.3 is 5.32 Å². The van der Waals surface area contributed by atoms with Gasteiger partial charge >= 0.3 is 5.51 Å². The highest BCUT2D eigenvalue weighted by Crippen LogP contribution is 2.38. The molecule has 0 bridgehead atoms. The van der Waals surface area contributed by atoms with Crippen LogP contribution in [-0.4, -0.2) is 26.7 Å². The number of hydrogen-bond donors (Lipinski definition) is 1.